The molecular formula is C12H20N4O3S. The minimum atomic E-state index is -3.51. The van der Waals surface area contributed by atoms with Gasteiger partial charge in [0, 0.05) is 26.1 Å². The van der Waals surface area contributed by atoms with Crippen LogP contribution in [0.3, 0.4) is 0 Å². The molecule has 0 saturated carbocycles. The number of aryl methyl sites for hydroxylation is 2. The van der Waals surface area contributed by atoms with Crippen molar-refractivity contribution in [3.63, 3.8) is 0 Å². The first-order chi connectivity index (χ1) is 9.32. The molecule has 1 fully saturated rings. The number of hydrogen-bond donors (Lipinski definition) is 2. The summed E-state index contributed by atoms with van der Waals surface area (Å²) >= 11 is 0. The number of nitrogens with one attached hydrogen (secondary N) is 2. The number of carbonyl (C=O) groups excluding carboxylic acids is 1. The molecule has 1 aromatic rings. The highest BCUT2D eigenvalue weighted by molar-refractivity contribution is 7.89. The highest BCUT2D eigenvalue weighted by atomic mass is 32.2. The fraction of sp³-hybridized carbons (Fsp3) is 0.667. The van der Waals surface area contributed by atoms with Crippen molar-refractivity contribution in [2.45, 2.75) is 44.6 Å². The van der Waals surface area contributed by atoms with Crippen LogP contribution < -0.4 is 5.32 Å². The SMILES string of the molecule is CC(=O)NC1CCN(S(=O)(=O)c2c(C)n[nH]c2C)CC1. The van der Waals surface area contributed by atoms with E-state index in [1.165, 1.54) is 11.2 Å². The van der Waals surface area contributed by atoms with Crippen molar-refractivity contribution < 1.29 is 13.2 Å². The van der Waals surface area contributed by atoms with Crippen molar-refractivity contribution >= 4 is 15.9 Å². The van der Waals surface area contributed by atoms with Crippen molar-refractivity contribution in [2.75, 3.05) is 13.1 Å². The molecule has 1 saturated heterocycles. The van der Waals surface area contributed by atoms with Crippen LogP contribution in [0.4, 0.5) is 0 Å². The van der Waals surface area contributed by atoms with Gasteiger partial charge in [0.15, 0.2) is 0 Å². The maximum atomic E-state index is 12.6. The third-order valence-corrected chi connectivity index (χ3v) is 5.68. The Morgan fingerprint density at radius 3 is 2.40 bits per heavy atom. The molecule has 0 radical (unpaired) electrons. The Kier molecular flexibility index (Phi) is 4.14. The molecule has 1 aliphatic rings. The van der Waals surface area contributed by atoms with Gasteiger partial charge in [-0.3, -0.25) is 9.89 Å². The molecule has 1 aliphatic heterocycles. The number of aromatic amines is 1. The van der Waals surface area contributed by atoms with Gasteiger partial charge in [0.25, 0.3) is 0 Å². The van der Waals surface area contributed by atoms with Crippen molar-refractivity contribution in [1.29, 1.82) is 0 Å². The molecular weight excluding hydrogens is 280 g/mol. The lowest BCUT2D eigenvalue weighted by atomic mass is 10.1. The Balaban J connectivity index is 2.12. The zero-order chi connectivity index (χ0) is 14.9. The summed E-state index contributed by atoms with van der Waals surface area (Å²) in [5.74, 6) is -0.0761. The number of nitrogens with zero attached hydrogens (tertiary/aromatic N) is 2. The molecule has 1 aromatic heterocycles. The van der Waals surface area contributed by atoms with E-state index < -0.39 is 10.0 Å². The lowest BCUT2D eigenvalue weighted by Gasteiger charge is -2.31. The van der Waals surface area contributed by atoms with Crippen LogP contribution >= 0.6 is 0 Å². The van der Waals surface area contributed by atoms with E-state index in [-0.39, 0.29) is 16.8 Å². The van der Waals surface area contributed by atoms with Gasteiger partial charge in [0.2, 0.25) is 15.9 Å². The van der Waals surface area contributed by atoms with E-state index in [0.717, 1.165) is 0 Å². The summed E-state index contributed by atoms with van der Waals surface area (Å²) in [7, 11) is -3.51. The number of H-pyrrole nitrogens is 1. The van der Waals surface area contributed by atoms with Crippen LogP contribution in [0.25, 0.3) is 0 Å². The van der Waals surface area contributed by atoms with Crippen LogP contribution in [0.15, 0.2) is 4.90 Å². The van der Waals surface area contributed by atoms with E-state index >= 15 is 0 Å². The quantitative estimate of drug-likeness (QED) is 0.840. The molecule has 8 heteroatoms. The summed E-state index contributed by atoms with van der Waals surface area (Å²) in [6.07, 6.45) is 1.27. The third kappa shape index (κ3) is 2.85. The second kappa shape index (κ2) is 5.53. The molecule has 0 aromatic carbocycles. The summed E-state index contributed by atoms with van der Waals surface area (Å²) in [4.78, 5) is 11.3. The number of amides is 1. The van der Waals surface area contributed by atoms with Gasteiger partial charge in [-0.15, -0.1) is 0 Å². The topological polar surface area (TPSA) is 95.2 Å². The van der Waals surface area contributed by atoms with Gasteiger partial charge >= 0.3 is 0 Å². The first-order valence-corrected chi connectivity index (χ1v) is 8.05. The average Bonchev–Trinajstić information content (AvgIpc) is 2.69. The number of aromatic nitrogens is 2. The van der Waals surface area contributed by atoms with E-state index in [1.807, 2.05) is 0 Å². The normalized spacial score (nSPS) is 18.1. The molecule has 0 bridgehead atoms. The predicted octanol–water partition coefficient (Wildman–Crippen LogP) is 0.316. The third-order valence-electron chi connectivity index (χ3n) is 3.52. The minimum Gasteiger partial charge on any atom is -0.354 e. The van der Waals surface area contributed by atoms with E-state index in [1.54, 1.807) is 13.8 Å². The molecule has 0 spiro atoms. The Morgan fingerprint density at radius 2 is 1.95 bits per heavy atom. The minimum absolute atomic E-state index is 0.0606. The van der Waals surface area contributed by atoms with Gasteiger partial charge in [0.1, 0.15) is 4.90 Å². The predicted molar refractivity (Wildman–Crippen MR) is 73.7 cm³/mol. The highest BCUT2D eigenvalue weighted by Crippen LogP contribution is 2.24. The summed E-state index contributed by atoms with van der Waals surface area (Å²) < 4.78 is 26.7. The van der Waals surface area contributed by atoms with Gasteiger partial charge in [-0.05, 0) is 26.7 Å². The number of piperidine rings is 1. The van der Waals surface area contributed by atoms with E-state index in [9.17, 15) is 13.2 Å². The molecule has 0 unspecified atom stereocenters. The number of rotatable bonds is 3. The highest BCUT2D eigenvalue weighted by Gasteiger charge is 2.32. The molecule has 0 atom stereocenters. The van der Waals surface area contributed by atoms with Crippen molar-refractivity contribution in [1.82, 2.24) is 19.8 Å². The number of carbonyl (C=O) groups is 1. The second-order valence-corrected chi connectivity index (χ2v) is 7.02. The van der Waals surface area contributed by atoms with E-state index in [4.69, 9.17) is 0 Å². The maximum Gasteiger partial charge on any atom is 0.246 e. The number of sulfonamides is 1. The summed E-state index contributed by atoms with van der Waals surface area (Å²) in [5.41, 5.74) is 1.05. The molecule has 112 valence electrons. The molecule has 0 aliphatic carbocycles. The fourth-order valence-corrected chi connectivity index (χ4v) is 4.38. The van der Waals surface area contributed by atoms with Gasteiger partial charge < -0.3 is 5.32 Å². The summed E-state index contributed by atoms with van der Waals surface area (Å²) in [5, 5.41) is 9.48. The monoisotopic (exact) mass is 300 g/mol. The second-order valence-electron chi connectivity index (χ2n) is 5.14. The molecule has 1 amide bonds. The molecule has 7 nitrogen and oxygen atoms in total. The van der Waals surface area contributed by atoms with Crippen LogP contribution in [-0.2, 0) is 14.8 Å². The Morgan fingerprint density at radius 1 is 1.35 bits per heavy atom. The Hall–Kier alpha value is -1.41. The van der Waals surface area contributed by atoms with E-state index in [0.29, 0.717) is 37.3 Å². The van der Waals surface area contributed by atoms with Gasteiger partial charge in [-0.25, -0.2) is 8.42 Å². The number of hydrogen-bond acceptors (Lipinski definition) is 4. The maximum absolute atomic E-state index is 12.6. The molecule has 20 heavy (non-hydrogen) atoms. The largest absolute Gasteiger partial charge is 0.354 e. The van der Waals surface area contributed by atoms with Crippen molar-refractivity contribution in [3.8, 4) is 0 Å². The zero-order valence-electron chi connectivity index (χ0n) is 11.9. The van der Waals surface area contributed by atoms with Crippen molar-refractivity contribution in [3.05, 3.63) is 11.4 Å². The summed E-state index contributed by atoms with van der Waals surface area (Å²) in [6, 6.07) is 0.0606. The van der Waals surface area contributed by atoms with Gasteiger partial charge in [0.05, 0.1) is 11.4 Å². The van der Waals surface area contributed by atoms with Gasteiger partial charge in [-0.2, -0.15) is 9.40 Å². The smallest absolute Gasteiger partial charge is 0.246 e. The lowest BCUT2D eigenvalue weighted by Crippen LogP contribution is -2.46. The average molecular weight is 300 g/mol. The Bertz CT molecular complexity index is 581. The first-order valence-electron chi connectivity index (χ1n) is 6.61. The fourth-order valence-electron chi connectivity index (χ4n) is 2.58. The van der Waals surface area contributed by atoms with E-state index in [2.05, 4.69) is 15.5 Å². The molecule has 2 rings (SSSR count). The van der Waals surface area contributed by atoms with Crippen molar-refractivity contribution in [2.24, 2.45) is 0 Å². The van der Waals surface area contributed by atoms with Gasteiger partial charge in [-0.1, -0.05) is 0 Å². The van der Waals surface area contributed by atoms with Crippen LogP contribution in [0.2, 0.25) is 0 Å². The molecule has 2 N–H and O–H groups in total. The lowest BCUT2D eigenvalue weighted by molar-refractivity contribution is -0.119. The van der Waals surface area contributed by atoms with Crippen LogP contribution in [-0.4, -0.2) is 48.0 Å². The zero-order valence-corrected chi connectivity index (χ0v) is 12.7. The van der Waals surface area contributed by atoms with Crippen LogP contribution in [0.1, 0.15) is 31.2 Å². The molecule has 2 heterocycles. The first kappa shape index (κ1) is 15.0. The standard InChI is InChI=1S/C12H20N4O3S/c1-8-12(9(2)15-14-8)20(18,19)16-6-4-11(5-7-16)13-10(3)17/h11H,4-7H2,1-3H3,(H,13,17)(H,14,15). The Labute approximate surface area is 118 Å². The summed E-state index contributed by atoms with van der Waals surface area (Å²) in [6.45, 7) is 5.69. The van der Waals surface area contributed by atoms with Crippen LogP contribution in [0, 0.1) is 13.8 Å². The van der Waals surface area contributed by atoms with Crippen LogP contribution in [0.5, 0.6) is 0 Å².